The van der Waals surface area contributed by atoms with Crippen molar-refractivity contribution in [2.75, 3.05) is 18.1 Å². The Morgan fingerprint density at radius 2 is 1.97 bits per heavy atom. The van der Waals surface area contributed by atoms with Crippen LogP contribution in [0.25, 0.3) is 22.2 Å². The molecule has 3 N–H and O–H groups in total. The number of benzene rings is 1. The Kier molecular flexibility index (Phi) is 5.04. The first-order chi connectivity index (χ1) is 15.3. The molecule has 0 unspecified atom stereocenters. The number of pyridine rings is 1. The van der Waals surface area contributed by atoms with E-state index < -0.39 is 0 Å². The quantitative estimate of drug-likeness (QED) is 0.546. The molecule has 3 heterocycles. The fourth-order valence-electron chi connectivity index (χ4n) is 3.80. The molecule has 5 rings (SSSR count). The van der Waals surface area contributed by atoms with Crippen molar-refractivity contribution in [3.63, 3.8) is 0 Å². The highest BCUT2D eigenvalue weighted by molar-refractivity contribution is 8.14. The summed E-state index contributed by atoms with van der Waals surface area (Å²) in [5, 5.41) is 7.35. The zero-order valence-corrected chi connectivity index (χ0v) is 19.1. The molecule has 3 aromatic rings. The number of aromatic amines is 1. The molecule has 2 amide bonds. The molecule has 32 heavy (non-hydrogen) atoms. The Hall–Kier alpha value is -3.13. The Morgan fingerprint density at radius 1 is 1.19 bits per heavy atom. The average molecular weight is 448 g/mol. The third kappa shape index (κ3) is 3.90. The molecule has 0 bridgehead atoms. The molecule has 2 aliphatic rings. The maximum Gasteiger partial charge on any atom is 0.253 e. The molecule has 0 atom stereocenters. The molecule has 1 aliphatic carbocycles. The van der Waals surface area contributed by atoms with Gasteiger partial charge in [-0.25, -0.2) is 4.98 Å². The van der Waals surface area contributed by atoms with Crippen molar-refractivity contribution in [1.82, 2.24) is 15.3 Å². The van der Waals surface area contributed by atoms with Crippen LogP contribution in [0.2, 0.25) is 0 Å². The molecule has 0 radical (unpaired) electrons. The van der Waals surface area contributed by atoms with Crippen LogP contribution in [0.5, 0.6) is 0 Å². The number of carbonyl (C=O) groups excluding carboxylic acids is 2. The average Bonchev–Trinajstić information content (AvgIpc) is 3.44. The third-order valence-corrected chi connectivity index (χ3v) is 7.17. The lowest BCUT2D eigenvalue weighted by Crippen LogP contribution is -2.19. The monoisotopic (exact) mass is 447 g/mol. The van der Waals surface area contributed by atoms with Gasteiger partial charge in [-0.15, -0.1) is 11.8 Å². The Balaban J connectivity index is 1.58. The molecule has 0 saturated heterocycles. The van der Waals surface area contributed by atoms with E-state index >= 15 is 0 Å². The van der Waals surface area contributed by atoms with Crippen molar-refractivity contribution in [2.45, 2.75) is 32.2 Å². The number of fused-ring (bicyclic) bond motifs is 1. The molecule has 7 nitrogen and oxygen atoms in total. The second-order valence-electron chi connectivity index (χ2n) is 8.93. The van der Waals surface area contributed by atoms with Crippen LogP contribution < -0.4 is 10.6 Å². The summed E-state index contributed by atoms with van der Waals surface area (Å²) >= 11 is 1.77. The summed E-state index contributed by atoms with van der Waals surface area (Å²) in [5.74, 6) is 1.23. The first kappa shape index (κ1) is 20.8. The van der Waals surface area contributed by atoms with Gasteiger partial charge in [-0.3, -0.25) is 14.6 Å². The molecule has 1 fully saturated rings. The summed E-state index contributed by atoms with van der Waals surface area (Å²) < 4.78 is 0. The topological polar surface area (TPSA) is 99.2 Å². The number of aliphatic imine (C=N–C) groups is 1. The van der Waals surface area contributed by atoms with Crippen LogP contribution >= 0.6 is 11.8 Å². The largest absolute Gasteiger partial charge is 0.355 e. The second-order valence-corrected chi connectivity index (χ2v) is 9.90. The normalized spacial score (nSPS) is 17.3. The van der Waals surface area contributed by atoms with Gasteiger partial charge in [0.15, 0.2) is 5.82 Å². The van der Waals surface area contributed by atoms with Crippen molar-refractivity contribution < 1.29 is 9.59 Å². The highest BCUT2D eigenvalue weighted by Gasteiger charge is 2.31. The number of hydrogen-bond donors (Lipinski definition) is 3. The van der Waals surface area contributed by atoms with Gasteiger partial charge in [0.25, 0.3) is 5.91 Å². The molecular weight excluding hydrogens is 422 g/mol. The molecule has 0 spiro atoms. The van der Waals surface area contributed by atoms with Crippen molar-refractivity contribution in [1.29, 1.82) is 0 Å². The van der Waals surface area contributed by atoms with Crippen LogP contribution in [0.15, 0.2) is 41.5 Å². The van der Waals surface area contributed by atoms with Crippen molar-refractivity contribution in [3.05, 3.63) is 47.7 Å². The maximum absolute atomic E-state index is 12.4. The van der Waals surface area contributed by atoms with Gasteiger partial charge in [-0.2, -0.15) is 0 Å². The zero-order valence-electron chi connectivity index (χ0n) is 18.3. The lowest BCUT2D eigenvalue weighted by Gasteiger charge is -2.09. The van der Waals surface area contributed by atoms with Crippen molar-refractivity contribution >= 4 is 45.3 Å². The van der Waals surface area contributed by atoms with Crippen LogP contribution in [0.3, 0.4) is 0 Å². The predicted molar refractivity (Wildman–Crippen MR) is 129 cm³/mol. The van der Waals surface area contributed by atoms with E-state index in [4.69, 9.17) is 4.99 Å². The number of carbonyl (C=O) groups is 2. The molecule has 164 valence electrons. The lowest BCUT2D eigenvalue weighted by molar-refractivity contribution is -0.117. The summed E-state index contributed by atoms with van der Waals surface area (Å²) in [7, 11) is 1.59. The van der Waals surface area contributed by atoms with Gasteiger partial charge in [0, 0.05) is 41.6 Å². The Morgan fingerprint density at radius 3 is 2.66 bits per heavy atom. The number of nitrogens with zero attached hydrogens (tertiary/aromatic N) is 2. The minimum Gasteiger partial charge on any atom is -0.355 e. The number of aromatic nitrogens is 2. The standard InChI is InChI=1S/C24H25N5O2S/c1-24(2)12-32-23(29-24)15-6-4-5-14(9-15)18-10-16-17(22(31)25-3)11-26-20(19(16)27-18)28-21(30)13-7-8-13/h4-6,9-11,13,27H,7-8,12H2,1-3H3,(H,25,31)(H,26,28,30). The van der Waals surface area contributed by atoms with Crippen LogP contribution in [0.1, 0.15) is 42.6 Å². The summed E-state index contributed by atoms with van der Waals surface area (Å²) in [6.45, 7) is 4.28. The van der Waals surface area contributed by atoms with Crippen LogP contribution in [-0.4, -0.2) is 45.2 Å². The number of thioether (sulfide) groups is 1. The minimum absolute atomic E-state index is 0.0245. The molecule has 1 aromatic carbocycles. The number of amides is 2. The van der Waals surface area contributed by atoms with Gasteiger partial charge in [0.05, 0.1) is 21.7 Å². The van der Waals surface area contributed by atoms with Crippen LogP contribution in [0, 0.1) is 5.92 Å². The predicted octanol–water partition coefficient (Wildman–Crippen LogP) is 4.21. The second kappa shape index (κ2) is 7.78. The van der Waals surface area contributed by atoms with E-state index in [9.17, 15) is 9.59 Å². The molecule has 8 heteroatoms. The summed E-state index contributed by atoms with van der Waals surface area (Å²) in [5.41, 5.74) is 3.96. The van der Waals surface area contributed by atoms with E-state index in [-0.39, 0.29) is 23.3 Å². The van der Waals surface area contributed by atoms with Gasteiger partial charge < -0.3 is 15.6 Å². The van der Waals surface area contributed by atoms with Crippen LogP contribution in [-0.2, 0) is 4.79 Å². The van der Waals surface area contributed by atoms with E-state index in [0.717, 1.165) is 45.8 Å². The summed E-state index contributed by atoms with van der Waals surface area (Å²) in [4.78, 5) is 37.4. The van der Waals surface area contributed by atoms with E-state index in [1.807, 2.05) is 18.2 Å². The molecular formula is C24H25N5O2S. The zero-order chi connectivity index (χ0) is 22.5. The van der Waals surface area contributed by atoms with Crippen LogP contribution in [0.4, 0.5) is 5.82 Å². The minimum atomic E-state index is -0.221. The van der Waals surface area contributed by atoms with Crippen molar-refractivity contribution in [3.8, 4) is 11.3 Å². The highest BCUT2D eigenvalue weighted by Crippen LogP contribution is 2.35. The number of anilines is 1. The van der Waals surface area contributed by atoms with Gasteiger partial charge in [0.1, 0.15) is 0 Å². The third-order valence-electron chi connectivity index (χ3n) is 5.72. The Bertz CT molecular complexity index is 1270. The maximum atomic E-state index is 12.4. The molecule has 2 aromatic heterocycles. The SMILES string of the molecule is CNC(=O)c1cnc(NC(=O)C2CC2)c2[nH]c(-c3cccc(C4=NC(C)(C)CS4)c3)cc12. The first-order valence-corrected chi connectivity index (χ1v) is 11.7. The van der Waals surface area contributed by atoms with E-state index in [1.54, 1.807) is 18.8 Å². The van der Waals surface area contributed by atoms with Gasteiger partial charge >= 0.3 is 0 Å². The van der Waals surface area contributed by atoms with Gasteiger partial charge in [-0.1, -0.05) is 18.2 Å². The fourth-order valence-corrected chi connectivity index (χ4v) is 4.96. The van der Waals surface area contributed by atoms with E-state index in [0.29, 0.717) is 16.9 Å². The number of rotatable bonds is 5. The number of hydrogen-bond acceptors (Lipinski definition) is 5. The summed E-state index contributed by atoms with van der Waals surface area (Å²) in [6, 6.07) is 10.2. The summed E-state index contributed by atoms with van der Waals surface area (Å²) in [6.07, 6.45) is 3.34. The van der Waals surface area contributed by atoms with Gasteiger partial charge in [-0.05, 0) is 44.4 Å². The number of H-pyrrole nitrogens is 1. The highest BCUT2D eigenvalue weighted by atomic mass is 32.2. The fraction of sp³-hybridized carbons (Fsp3) is 0.333. The Labute approximate surface area is 190 Å². The molecule has 1 saturated carbocycles. The van der Waals surface area contributed by atoms with E-state index in [2.05, 4.69) is 46.6 Å². The van der Waals surface area contributed by atoms with Crippen molar-refractivity contribution in [2.24, 2.45) is 10.9 Å². The lowest BCUT2D eigenvalue weighted by atomic mass is 10.1. The first-order valence-electron chi connectivity index (χ1n) is 10.7. The smallest absolute Gasteiger partial charge is 0.253 e. The van der Waals surface area contributed by atoms with E-state index in [1.165, 1.54) is 6.20 Å². The number of nitrogens with one attached hydrogen (secondary N) is 3. The molecule has 1 aliphatic heterocycles. The van der Waals surface area contributed by atoms with Gasteiger partial charge in [0.2, 0.25) is 5.91 Å².